The number of rotatable bonds is 5. The number of carbonyl (C=O) groups excluding carboxylic acids is 1. The maximum Gasteiger partial charge on any atom is 0.250 e. The maximum absolute atomic E-state index is 12.3. The summed E-state index contributed by atoms with van der Waals surface area (Å²) < 4.78 is 0. The predicted molar refractivity (Wildman–Crippen MR) is 106 cm³/mol. The summed E-state index contributed by atoms with van der Waals surface area (Å²) in [5, 5.41) is 13.3. The molecular formula is C20H39ClN2O2. The number of nitrogens with one attached hydrogen (secondary N) is 1. The predicted octanol–water partition coefficient (Wildman–Crippen LogP) is 3.79. The number of hydrogen-bond acceptors (Lipinski definition) is 3. The molecule has 25 heavy (non-hydrogen) atoms. The fourth-order valence-corrected chi connectivity index (χ4v) is 4.52. The van der Waals surface area contributed by atoms with Gasteiger partial charge in [-0.25, -0.2) is 0 Å². The second-order valence-electron chi connectivity index (χ2n) is 9.27. The molecule has 4 N–H and O–H groups in total. The zero-order chi connectivity index (χ0) is 17.7. The molecule has 0 radical (unpaired) electrons. The molecule has 1 unspecified atom stereocenters. The molecule has 0 heterocycles. The van der Waals surface area contributed by atoms with Crippen LogP contribution in [0.25, 0.3) is 0 Å². The van der Waals surface area contributed by atoms with Crippen LogP contribution < -0.4 is 11.1 Å². The van der Waals surface area contributed by atoms with E-state index in [1.54, 1.807) is 0 Å². The molecule has 148 valence electrons. The van der Waals surface area contributed by atoms with Gasteiger partial charge in [0.1, 0.15) is 6.10 Å². The van der Waals surface area contributed by atoms with E-state index in [2.05, 4.69) is 26.1 Å². The highest BCUT2D eigenvalue weighted by Gasteiger charge is 2.32. The number of halogens is 1. The Morgan fingerprint density at radius 3 is 2.16 bits per heavy atom. The molecule has 0 aromatic carbocycles. The third-order valence-electron chi connectivity index (χ3n) is 6.30. The van der Waals surface area contributed by atoms with Crippen molar-refractivity contribution in [3.05, 3.63) is 0 Å². The average Bonchev–Trinajstić information content (AvgIpc) is 2.54. The molecule has 0 saturated heterocycles. The van der Waals surface area contributed by atoms with Crippen LogP contribution in [0.15, 0.2) is 0 Å². The monoisotopic (exact) mass is 374 g/mol. The second kappa shape index (κ2) is 10.1. The first-order chi connectivity index (χ1) is 11.3. The van der Waals surface area contributed by atoms with Crippen molar-refractivity contribution in [3.63, 3.8) is 0 Å². The number of amides is 1. The molecule has 2 fully saturated rings. The summed E-state index contributed by atoms with van der Waals surface area (Å²) in [4.78, 5) is 12.3. The molecule has 0 aliphatic heterocycles. The quantitative estimate of drug-likeness (QED) is 0.685. The largest absolute Gasteiger partial charge is 0.382 e. The summed E-state index contributed by atoms with van der Waals surface area (Å²) in [6.45, 7) is 6.89. The summed E-state index contributed by atoms with van der Waals surface area (Å²) in [7, 11) is 0. The SMILES string of the molecule is CC(C)(C)C1CCC(NC(=O)C(O)[C@H](N)CC2CCCCC2)CC1.Cl. The van der Waals surface area contributed by atoms with Crippen LogP contribution in [0.3, 0.4) is 0 Å². The van der Waals surface area contributed by atoms with Crippen molar-refractivity contribution < 1.29 is 9.90 Å². The van der Waals surface area contributed by atoms with Gasteiger partial charge in [-0.3, -0.25) is 4.79 Å². The van der Waals surface area contributed by atoms with Crippen molar-refractivity contribution in [1.82, 2.24) is 5.32 Å². The summed E-state index contributed by atoms with van der Waals surface area (Å²) in [6.07, 6.45) is 10.3. The van der Waals surface area contributed by atoms with E-state index >= 15 is 0 Å². The lowest BCUT2D eigenvalue weighted by molar-refractivity contribution is -0.131. The number of carbonyl (C=O) groups is 1. The normalized spacial score (nSPS) is 27.9. The molecule has 0 aromatic rings. The van der Waals surface area contributed by atoms with Crippen LogP contribution in [-0.2, 0) is 4.79 Å². The molecule has 2 aliphatic carbocycles. The first-order valence-corrected chi connectivity index (χ1v) is 10.0. The van der Waals surface area contributed by atoms with Gasteiger partial charge in [-0.1, -0.05) is 52.9 Å². The highest BCUT2D eigenvalue weighted by atomic mass is 35.5. The molecular weight excluding hydrogens is 336 g/mol. The van der Waals surface area contributed by atoms with Gasteiger partial charge in [-0.05, 0) is 49.4 Å². The van der Waals surface area contributed by atoms with Crippen LogP contribution in [0.2, 0.25) is 0 Å². The van der Waals surface area contributed by atoms with Crippen molar-refractivity contribution >= 4 is 18.3 Å². The van der Waals surface area contributed by atoms with Gasteiger partial charge in [-0.2, -0.15) is 0 Å². The zero-order valence-electron chi connectivity index (χ0n) is 16.3. The van der Waals surface area contributed by atoms with E-state index in [1.807, 2.05) is 0 Å². The van der Waals surface area contributed by atoms with Crippen LogP contribution in [0.1, 0.15) is 85.0 Å². The molecule has 1 amide bonds. The smallest absolute Gasteiger partial charge is 0.250 e. The number of aliphatic hydroxyl groups excluding tert-OH is 1. The molecule has 2 saturated carbocycles. The molecule has 2 aliphatic rings. The lowest BCUT2D eigenvalue weighted by Crippen LogP contribution is -2.50. The summed E-state index contributed by atoms with van der Waals surface area (Å²) in [6, 6.07) is -0.230. The standard InChI is InChI=1S/C20H38N2O2.ClH/c1-20(2,3)15-9-11-16(12-10-15)22-19(24)18(23)17(21)13-14-7-5-4-6-8-14;/h14-18,23H,4-13,21H2,1-3H3,(H,22,24);1H/t15?,16?,17-,18?;/m1./s1. The Balaban J connectivity index is 0.00000312. The second-order valence-corrected chi connectivity index (χ2v) is 9.27. The van der Waals surface area contributed by atoms with E-state index in [-0.39, 0.29) is 24.4 Å². The van der Waals surface area contributed by atoms with Crippen molar-refractivity contribution in [2.24, 2.45) is 23.0 Å². The van der Waals surface area contributed by atoms with E-state index < -0.39 is 12.1 Å². The van der Waals surface area contributed by atoms with Gasteiger partial charge >= 0.3 is 0 Å². The van der Waals surface area contributed by atoms with E-state index in [0.717, 1.165) is 38.0 Å². The number of aliphatic hydroxyl groups is 1. The Labute approximate surface area is 160 Å². The number of nitrogens with two attached hydrogens (primary N) is 1. The third-order valence-corrected chi connectivity index (χ3v) is 6.30. The van der Waals surface area contributed by atoms with Crippen molar-refractivity contribution in [1.29, 1.82) is 0 Å². The number of hydrogen-bond donors (Lipinski definition) is 3. The Bertz CT molecular complexity index is 397. The van der Waals surface area contributed by atoms with Crippen LogP contribution >= 0.6 is 12.4 Å². The Hall–Kier alpha value is -0.320. The Morgan fingerprint density at radius 2 is 1.64 bits per heavy atom. The fourth-order valence-electron chi connectivity index (χ4n) is 4.52. The van der Waals surface area contributed by atoms with Crippen molar-refractivity contribution in [2.75, 3.05) is 0 Å². The minimum absolute atomic E-state index is 0. The molecule has 4 nitrogen and oxygen atoms in total. The van der Waals surface area contributed by atoms with Gasteiger partial charge < -0.3 is 16.2 Å². The minimum atomic E-state index is -1.06. The molecule has 2 rings (SSSR count). The van der Waals surface area contributed by atoms with Crippen LogP contribution in [0, 0.1) is 17.3 Å². The Kier molecular flexibility index (Phi) is 9.20. The van der Waals surface area contributed by atoms with Crippen molar-refractivity contribution in [2.45, 2.75) is 103 Å². The zero-order valence-corrected chi connectivity index (χ0v) is 17.1. The lowest BCUT2D eigenvalue weighted by Gasteiger charge is -2.37. The Morgan fingerprint density at radius 1 is 1.08 bits per heavy atom. The third kappa shape index (κ3) is 7.07. The van der Waals surface area contributed by atoms with Crippen LogP contribution in [0.4, 0.5) is 0 Å². The first-order valence-electron chi connectivity index (χ1n) is 10.0. The maximum atomic E-state index is 12.3. The molecule has 0 bridgehead atoms. The van der Waals surface area contributed by atoms with E-state index in [9.17, 15) is 9.90 Å². The van der Waals surface area contributed by atoms with Gasteiger partial charge in [0.2, 0.25) is 0 Å². The van der Waals surface area contributed by atoms with E-state index in [0.29, 0.717) is 11.3 Å². The topological polar surface area (TPSA) is 75.3 Å². The van der Waals surface area contributed by atoms with Gasteiger partial charge in [0.15, 0.2) is 0 Å². The first kappa shape index (κ1) is 22.7. The van der Waals surface area contributed by atoms with Crippen LogP contribution in [-0.4, -0.2) is 29.2 Å². The molecule has 0 aromatic heterocycles. The highest BCUT2D eigenvalue weighted by Crippen LogP contribution is 2.37. The average molecular weight is 375 g/mol. The van der Waals surface area contributed by atoms with Crippen molar-refractivity contribution in [3.8, 4) is 0 Å². The summed E-state index contributed by atoms with van der Waals surface area (Å²) >= 11 is 0. The van der Waals surface area contributed by atoms with Gasteiger partial charge in [0.05, 0.1) is 0 Å². The lowest BCUT2D eigenvalue weighted by atomic mass is 9.71. The summed E-state index contributed by atoms with van der Waals surface area (Å²) in [5.74, 6) is 1.04. The van der Waals surface area contributed by atoms with Gasteiger partial charge in [0, 0.05) is 12.1 Å². The molecule has 2 atom stereocenters. The van der Waals surface area contributed by atoms with Crippen LogP contribution in [0.5, 0.6) is 0 Å². The van der Waals surface area contributed by atoms with E-state index in [4.69, 9.17) is 5.73 Å². The minimum Gasteiger partial charge on any atom is -0.382 e. The van der Waals surface area contributed by atoms with Gasteiger partial charge in [0.25, 0.3) is 5.91 Å². The van der Waals surface area contributed by atoms with E-state index in [1.165, 1.54) is 32.1 Å². The fraction of sp³-hybridized carbons (Fsp3) is 0.950. The molecule has 0 spiro atoms. The van der Waals surface area contributed by atoms with Gasteiger partial charge in [-0.15, -0.1) is 12.4 Å². The highest BCUT2D eigenvalue weighted by molar-refractivity contribution is 5.85. The summed E-state index contributed by atoms with van der Waals surface area (Å²) in [5.41, 5.74) is 6.47. The molecule has 5 heteroatoms.